The minimum absolute atomic E-state index is 0.119. The average Bonchev–Trinajstić information content (AvgIpc) is 3.30. The Morgan fingerprint density at radius 1 is 1.29 bits per heavy atom. The highest BCUT2D eigenvalue weighted by Gasteiger charge is 2.52. The smallest absolute Gasteiger partial charge is 0.325 e. The standard InChI is InChI=1S/C18H27N3O3/c1-11(14-9-12-4-5-13(14)8-12)19-15(22)10-21-16(23)18(20-17(21)24)6-2-3-7-18/h11-14H,2-10H2,1H3,(H,19,22)(H,20,24). The molecular formula is C18H27N3O3. The van der Waals surface area contributed by atoms with Gasteiger partial charge >= 0.3 is 6.03 Å². The lowest BCUT2D eigenvalue weighted by atomic mass is 9.84. The van der Waals surface area contributed by atoms with Crippen LogP contribution in [0, 0.1) is 17.8 Å². The van der Waals surface area contributed by atoms with Gasteiger partial charge in [-0.25, -0.2) is 4.79 Å². The fraction of sp³-hybridized carbons (Fsp3) is 0.833. The number of carbonyl (C=O) groups is 3. The maximum Gasteiger partial charge on any atom is 0.325 e. The number of hydrogen-bond acceptors (Lipinski definition) is 3. The van der Waals surface area contributed by atoms with E-state index in [9.17, 15) is 14.4 Å². The van der Waals surface area contributed by atoms with Crippen LogP contribution < -0.4 is 10.6 Å². The maximum absolute atomic E-state index is 12.6. The average molecular weight is 333 g/mol. The number of amides is 4. The number of fused-ring (bicyclic) bond motifs is 2. The Morgan fingerprint density at radius 3 is 2.67 bits per heavy atom. The van der Waals surface area contributed by atoms with Crippen LogP contribution in [0.25, 0.3) is 0 Å². The third-order valence-corrected chi connectivity index (χ3v) is 6.83. The molecule has 132 valence electrons. The van der Waals surface area contributed by atoms with E-state index in [4.69, 9.17) is 0 Å². The van der Waals surface area contributed by atoms with E-state index in [1.165, 1.54) is 25.7 Å². The first-order valence-corrected chi connectivity index (χ1v) is 9.42. The summed E-state index contributed by atoms with van der Waals surface area (Å²) in [4.78, 5) is 38.2. The summed E-state index contributed by atoms with van der Waals surface area (Å²) in [5.74, 6) is 1.70. The molecule has 1 heterocycles. The Morgan fingerprint density at radius 2 is 2.04 bits per heavy atom. The molecule has 0 aromatic heterocycles. The molecule has 4 amide bonds. The number of nitrogens with one attached hydrogen (secondary N) is 2. The van der Waals surface area contributed by atoms with Gasteiger partial charge in [0, 0.05) is 6.04 Å². The van der Waals surface area contributed by atoms with Crippen molar-refractivity contribution in [1.82, 2.24) is 15.5 Å². The number of imide groups is 1. The van der Waals surface area contributed by atoms with Crippen molar-refractivity contribution in [2.24, 2.45) is 17.8 Å². The van der Waals surface area contributed by atoms with Crippen molar-refractivity contribution in [2.75, 3.05) is 6.54 Å². The van der Waals surface area contributed by atoms with Gasteiger partial charge in [0.25, 0.3) is 5.91 Å². The van der Waals surface area contributed by atoms with Crippen LogP contribution in [0.5, 0.6) is 0 Å². The van der Waals surface area contributed by atoms with Gasteiger partial charge in [0.05, 0.1) is 0 Å². The van der Waals surface area contributed by atoms with Crippen molar-refractivity contribution in [1.29, 1.82) is 0 Å². The van der Waals surface area contributed by atoms with Crippen LogP contribution in [0.3, 0.4) is 0 Å². The van der Waals surface area contributed by atoms with E-state index in [0.29, 0.717) is 18.8 Å². The number of hydrogen-bond donors (Lipinski definition) is 2. The quantitative estimate of drug-likeness (QED) is 0.770. The van der Waals surface area contributed by atoms with E-state index in [1.807, 2.05) is 0 Å². The predicted molar refractivity (Wildman–Crippen MR) is 88.0 cm³/mol. The van der Waals surface area contributed by atoms with Crippen molar-refractivity contribution in [2.45, 2.75) is 69.9 Å². The lowest BCUT2D eigenvalue weighted by molar-refractivity contribution is -0.135. The highest BCUT2D eigenvalue weighted by atomic mass is 16.2. The fourth-order valence-electron chi connectivity index (χ4n) is 5.59. The highest BCUT2D eigenvalue weighted by molar-refractivity contribution is 6.09. The summed E-state index contributed by atoms with van der Waals surface area (Å²) < 4.78 is 0. The Bertz CT molecular complexity index is 570. The largest absolute Gasteiger partial charge is 0.352 e. The second kappa shape index (κ2) is 5.74. The molecule has 3 aliphatic carbocycles. The van der Waals surface area contributed by atoms with E-state index >= 15 is 0 Å². The Labute approximate surface area is 142 Å². The normalized spacial score (nSPS) is 34.9. The van der Waals surface area contributed by atoms with Crippen LogP contribution in [0.15, 0.2) is 0 Å². The summed E-state index contributed by atoms with van der Waals surface area (Å²) in [5.41, 5.74) is -0.729. The number of rotatable bonds is 4. The van der Waals surface area contributed by atoms with Gasteiger partial charge in [-0.15, -0.1) is 0 Å². The third kappa shape index (κ3) is 2.50. The van der Waals surface area contributed by atoms with Gasteiger partial charge in [-0.2, -0.15) is 0 Å². The van der Waals surface area contributed by atoms with Crippen LogP contribution >= 0.6 is 0 Å². The molecular weight excluding hydrogens is 306 g/mol. The van der Waals surface area contributed by atoms with Crippen LogP contribution in [-0.2, 0) is 9.59 Å². The van der Waals surface area contributed by atoms with Crippen LogP contribution in [0.2, 0.25) is 0 Å². The van der Waals surface area contributed by atoms with Gasteiger partial charge in [0.15, 0.2) is 0 Å². The molecule has 0 radical (unpaired) electrons. The lowest BCUT2D eigenvalue weighted by Gasteiger charge is -2.29. The minimum Gasteiger partial charge on any atom is -0.352 e. The van der Waals surface area contributed by atoms with Crippen LogP contribution in [0.4, 0.5) is 4.79 Å². The monoisotopic (exact) mass is 333 g/mol. The van der Waals surface area contributed by atoms with Crippen LogP contribution in [-0.4, -0.2) is 40.9 Å². The predicted octanol–water partition coefficient (Wildman–Crippen LogP) is 1.79. The third-order valence-electron chi connectivity index (χ3n) is 6.83. The molecule has 6 nitrogen and oxygen atoms in total. The summed E-state index contributed by atoms with van der Waals surface area (Å²) in [6.07, 6.45) is 8.42. The van der Waals surface area contributed by atoms with E-state index in [2.05, 4.69) is 17.6 Å². The first-order chi connectivity index (χ1) is 11.5. The Balaban J connectivity index is 1.34. The van der Waals surface area contributed by atoms with E-state index in [0.717, 1.165) is 29.6 Å². The van der Waals surface area contributed by atoms with Crippen molar-refractivity contribution < 1.29 is 14.4 Å². The van der Waals surface area contributed by atoms with Gasteiger partial charge in [-0.3, -0.25) is 14.5 Å². The summed E-state index contributed by atoms with van der Waals surface area (Å²) in [6, 6.07) is -0.293. The molecule has 1 spiro atoms. The second-order valence-electron chi connectivity index (χ2n) is 8.31. The van der Waals surface area contributed by atoms with Gasteiger partial charge in [0.1, 0.15) is 12.1 Å². The molecule has 4 fully saturated rings. The zero-order chi connectivity index (χ0) is 16.9. The summed E-state index contributed by atoms with van der Waals surface area (Å²) in [5, 5.41) is 5.86. The molecule has 3 saturated carbocycles. The molecule has 4 rings (SSSR count). The molecule has 0 aromatic rings. The van der Waals surface area contributed by atoms with E-state index < -0.39 is 11.6 Å². The molecule has 4 unspecified atom stereocenters. The molecule has 2 N–H and O–H groups in total. The molecule has 24 heavy (non-hydrogen) atoms. The summed E-state index contributed by atoms with van der Waals surface area (Å²) in [6.45, 7) is 1.91. The van der Waals surface area contributed by atoms with E-state index in [1.54, 1.807) is 0 Å². The molecule has 2 bridgehead atoms. The molecule has 6 heteroatoms. The zero-order valence-electron chi connectivity index (χ0n) is 14.3. The second-order valence-corrected chi connectivity index (χ2v) is 8.31. The molecule has 1 saturated heterocycles. The van der Waals surface area contributed by atoms with Gasteiger partial charge in [0.2, 0.25) is 5.91 Å². The number of nitrogens with zero attached hydrogens (tertiary/aromatic N) is 1. The maximum atomic E-state index is 12.6. The molecule has 1 aliphatic heterocycles. The van der Waals surface area contributed by atoms with Crippen molar-refractivity contribution >= 4 is 17.8 Å². The SMILES string of the molecule is CC(NC(=O)CN1C(=O)NC2(CCCC2)C1=O)C1CC2CCC1C2. The number of carbonyl (C=O) groups excluding carboxylic acids is 3. The fourth-order valence-corrected chi connectivity index (χ4v) is 5.59. The zero-order valence-corrected chi connectivity index (χ0v) is 14.3. The summed E-state index contributed by atoms with van der Waals surface area (Å²) in [7, 11) is 0. The number of urea groups is 1. The van der Waals surface area contributed by atoms with Gasteiger partial charge in [-0.1, -0.05) is 19.3 Å². The van der Waals surface area contributed by atoms with Crippen LogP contribution in [0.1, 0.15) is 58.3 Å². The van der Waals surface area contributed by atoms with E-state index in [-0.39, 0.29) is 24.4 Å². The van der Waals surface area contributed by atoms with Gasteiger partial charge < -0.3 is 10.6 Å². The first-order valence-electron chi connectivity index (χ1n) is 9.42. The van der Waals surface area contributed by atoms with Crippen molar-refractivity contribution in [3.8, 4) is 0 Å². The van der Waals surface area contributed by atoms with Crippen molar-refractivity contribution in [3.05, 3.63) is 0 Å². The molecule has 4 atom stereocenters. The minimum atomic E-state index is -0.729. The molecule has 0 aromatic carbocycles. The summed E-state index contributed by atoms with van der Waals surface area (Å²) >= 11 is 0. The van der Waals surface area contributed by atoms with Gasteiger partial charge in [-0.05, 0) is 56.8 Å². The lowest BCUT2D eigenvalue weighted by Crippen LogP contribution is -2.47. The topological polar surface area (TPSA) is 78.5 Å². The Kier molecular flexibility index (Phi) is 3.81. The first kappa shape index (κ1) is 15.9. The highest BCUT2D eigenvalue weighted by Crippen LogP contribution is 2.49. The molecule has 4 aliphatic rings. The Hall–Kier alpha value is -1.59. The van der Waals surface area contributed by atoms with Crippen molar-refractivity contribution in [3.63, 3.8) is 0 Å².